The average molecular weight is 265 g/mol. The maximum Gasteiger partial charge on any atom is 0.244 e. The van der Waals surface area contributed by atoms with Crippen LogP contribution < -0.4 is 5.73 Å². The summed E-state index contributed by atoms with van der Waals surface area (Å²) in [4.78, 5) is 0.0566. The van der Waals surface area contributed by atoms with Crippen molar-refractivity contribution in [3.8, 4) is 6.07 Å². The van der Waals surface area contributed by atoms with E-state index in [1.54, 1.807) is 0 Å². The van der Waals surface area contributed by atoms with E-state index in [0.717, 1.165) is 19.3 Å². The zero-order chi connectivity index (χ0) is 13.2. The molecule has 0 spiro atoms. The lowest BCUT2D eigenvalue weighted by Gasteiger charge is -2.26. The molecule has 1 saturated heterocycles. The van der Waals surface area contributed by atoms with Crippen molar-refractivity contribution >= 4 is 15.7 Å². The first-order chi connectivity index (χ1) is 8.55. The molecule has 0 aromatic heterocycles. The van der Waals surface area contributed by atoms with E-state index in [4.69, 9.17) is 11.0 Å². The van der Waals surface area contributed by atoms with Gasteiger partial charge >= 0.3 is 0 Å². The van der Waals surface area contributed by atoms with Gasteiger partial charge in [-0.05, 0) is 31.0 Å². The highest BCUT2D eigenvalue weighted by Crippen LogP contribution is 2.24. The van der Waals surface area contributed by atoms with Crippen LogP contribution in [0.1, 0.15) is 24.8 Å². The van der Waals surface area contributed by atoms with Gasteiger partial charge in [-0.15, -0.1) is 0 Å². The van der Waals surface area contributed by atoms with Gasteiger partial charge in [0.25, 0.3) is 0 Å². The molecule has 5 nitrogen and oxygen atoms in total. The smallest absolute Gasteiger partial charge is 0.244 e. The molecule has 96 valence electrons. The fourth-order valence-electron chi connectivity index (χ4n) is 2.10. The number of rotatable bonds is 2. The standard InChI is InChI=1S/C12H15N3O2S/c13-9-10-8-11(14)4-5-12(10)18(16,17)15-6-2-1-3-7-15/h4-5,8H,1-3,6-7,14H2. The largest absolute Gasteiger partial charge is 0.399 e. The van der Waals surface area contributed by atoms with Crippen molar-refractivity contribution in [2.24, 2.45) is 0 Å². The molecule has 1 heterocycles. The van der Waals surface area contributed by atoms with Crippen LogP contribution in [0.4, 0.5) is 5.69 Å². The van der Waals surface area contributed by atoms with Crippen LogP contribution in [-0.2, 0) is 10.0 Å². The SMILES string of the molecule is N#Cc1cc(N)ccc1S(=O)(=O)N1CCCCC1. The van der Waals surface area contributed by atoms with Gasteiger partial charge in [0.05, 0.1) is 5.56 Å². The molecule has 0 atom stereocenters. The highest BCUT2D eigenvalue weighted by Gasteiger charge is 2.28. The third-order valence-corrected chi connectivity index (χ3v) is 5.01. The minimum Gasteiger partial charge on any atom is -0.399 e. The van der Waals surface area contributed by atoms with Crippen molar-refractivity contribution in [3.05, 3.63) is 23.8 Å². The number of nitrogens with zero attached hydrogens (tertiary/aromatic N) is 2. The zero-order valence-electron chi connectivity index (χ0n) is 9.96. The van der Waals surface area contributed by atoms with E-state index in [0.29, 0.717) is 18.8 Å². The van der Waals surface area contributed by atoms with Crippen LogP contribution in [0.2, 0.25) is 0 Å². The van der Waals surface area contributed by atoms with Crippen molar-refractivity contribution < 1.29 is 8.42 Å². The van der Waals surface area contributed by atoms with Crippen molar-refractivity contribution in [1.82, 2.24) is 4.31 Å². The highest BCUT2D eigenvalue weighted by atomic mass is 32.2. The Morgan fingerprint density at radius 1 is 1.22 bits per heavy atom. The summed E-state index contributed by atoms with van der Waals surface area (Å²) in [6.07, 6.45) is 2.80. The Balaban J connectivity index is 2.44. The van der Waals surface area contributed by atoms with Crippen molar-refractivity contribution in [2.75, 3.05) is 18.8 Å². The molecule has 0 amide bonds. The van der Waals surface area contributed by atoms with Gasteiger partial charge in [0.15, 0.2) is 0 Å². The second-order valence-electron chi connectivity index (χ2n) is 4.33. The predicted octanol–water partition coefficient (Wildman–Crippen LogP) is 1.32. The molecule has 0 bridgehead atoms. The first-order valence-corrected chi connectivity index (χ1v) is 7.29. The molecule has 0 unspecified atom stereocenters. The quantitative estimate of drug-likeness (QED) is 0.817. The number of hydrogen-bond acceptors (Lipinski definition) is 4. The van der Waals surface area contributed by atoms with Crippen molar-refractivity contribution in [3.63, 3.8) is 0 Å². The van der Waals surface area contributed by atoms with Gasteiger partial charge in [0.2, 0.25) is 10.0 Å². The fraction of sp³-hybridized carbons (Fsp3) is 0.417. The van der Waals surface area contributed by atoms with E-state index in [1.807, 2.05) is 6.07 Å². The topological polar surface area (TPSA) is 87.2 Å². The summed E-state index contributed by atoms with van der Waals surface area (Å²) in [5.41, 5.74) is 6.07. The van der Waals surface area contributed by atoms with Crippen LogP contribution in [-0.4, -0.2) is 25.8 Å². The van der Waals surface area contributed by atoms with Gasteiger partial charge in [0.1, 0.15) is 11.0 Å². The third kappa shape index (κ3) is 2.33. The highest BCUT2D eigenvalue weighted by molar-refractivity contribution is 7.89. The number of benzene rings is 1. The van der Waals surface area contributed by atoms with Crippen LogP contribution >= 0.6 is 0 Å². The second-order valence-corrected chi connectivity index (χ2v) is 6.24. The summed E-state index contributed by atoms with van der Waals surface area (Å²) < 4.78 is 26.3. The first-order valence-electron chi connectivity index (χ1n) is 5.85. The van der Waals surface area contributed by atoms with Gasteiger partial charge in [-0.1, -0.05) is 6.42 Å². The molecule has 1 aromatic carbocycles. The van der Waals surface area contributed by atoms with Crippen LogP contribution in [0.3, 0.4) is 0 Å². The maximum absolute atomic E-state index is 12.4. The fourth-order valence-corrected chi connectivity index (χ4v) is 3.74. The molecule has 2 N–H and O–H groups in total. The minimum atomic E-state index is -3.57. The molecule has 1 aliphatic heterocycles. The van der Waals surface area contributed by atoms with Crippen LogP contribution in [0, 0.1) is 11.3 Å². The van der Waals surface area contributed by atoms with E-state index in [-0.39, 0.29) is 10.5 Å². The maximum atomic E-state index is 12.4. The van der Waals surface area contributed by atoms with Crippen molar-refractivity contribution in [1.29, 1.82) is 5.26 Å². The molecule has 6 heteroatoms. The molecular weight excluding hydrogens is 250 g/mol. The van der Waals surface area contributed by atoms with Gasteiger partial charge in [0, 0.05) is 18.8 Å². The molecule has 1 aliphatic rings. The molecule has 1 fully saturated rings. The summed E-state index contributed by atoms with van der Waals surface area (Å²) in [5.74, 6) is 0. The summed E-state index contributed by atoms with van der Waals surface area (Å²) >= 11 is 0. The van der Waals surface area contributed by atoms with Crippen LogP contribution in [0.5, 0.6) is 0 Å². The molecule has 2 rings (SSSR count). The lowest BCUT2D eigenvalue weighted by molar-refractivity contribution is 0.346. The number of hydrogen-bond donors (Lipinski definition) is 1. The Hall–Kier alpha value is -1.58. The summed E-state index contributed by atoms with van der Waals surface area (Å²) in [6, 6.07) is 6.22. The molecule has 0 aliphatic carbocycles. The Morgan fingerprint density at radius 2 is 1.89 bits per heavy atom. The van der Waals surface area contributed by atoms with Gasteiger partial charge < -0.3 is 5.73 Å². The van der Waals surface area contributed by atoms with Crippen molar-refractivity contribution in [2.45, 2.75) is 24.2 Å². The third-order valence-electron chi connectivity index (χ3n) is 3.06. The van der Waals surface area contributed by atoms with E-state index < -0.39 is 10.0 Å². The Morgan fingerprint density at radius 3 is 2.50 bits per heavy atom. The molecular formula is C12H15N3O2S. The number of nitriles is 1. The van der Waals surface area contributed by atoms with Gasteiger partial charge in [-0.3, -0.25) is 0 Å². The zero-order valence-corrected chi connectivity index (χ0v) is 10.8. The van der Waals surface area contributed by atoms with Crippen LogP contribution in [0.25, 0.3) is 0 Å². The minimum absolute atomic E-state index is 0.0566. The predicted molar refractivity (Wildman–Crippen MR) is 68.2 cm³/mol. The molecule has 0 saturated carbocycles. The summed E-state index contributed by atoms with van der Waals surface area (Å²) in [7, 11) is -3.57. The first kappa shape index (κ1) is 12.9. The Kier molecular flexibility index (Phi) is 3.55. The second kappa shape index (κ2) is 4.96. The number of nitrogens with two attached hydrogens (primary N) is 1. The average Bonchev–Trinajstić information content (AvgIpc) is 2.39. The number of nitrogen functional groups attached to an aromatic ring is 1. The Bertz CT molecular complexity index is 584. The van der Waals surface area contributed by atoms with E-state index in [1.165, 1.54) is 22.5 Å². The monoisotopic (exact) mass is 265 g/mol. The number of piperidine rings is 1. The number of sulfonamides is 1. The molecule has 1 aromatic rings. The van der Waals surface area contributed by atoms with Crippen LogP contribution in [0.15, 0.2) is 23.1 Å². The summed E-state index contributed by atoms with van der Waals surface area (Å²) in [6.45, 7) is 1.05. The molecule has 0 radical (unpaired) electrons. The van der Waals surface area contributed by atoms with E-state index in [9.17, 15) is 8.42 Å². The lowest BCUT2D eigenvalue weighted by Crippen LogP contribution is -2.36. The van der Waals surface area contributed by atoms with Gasteiger partial charge in [-0.25, -0.2) is 8.42 Å². The lowest BCUT2D eigenvalue weighted by atomic mass is 10.2. The Labute approximate surface area is 107 Å². The van der Waals surface area contributed by atoms with Gasteiger partial charge in [-0.2, -0.15) is 9.57 Å². The number of anilines is 1. The normalized spacial score (nSPS) is 17.3. The molecule has 18 heavy (non-hydrogen) atoms. The van der Waals surface area contributed by atoms with E-state index in [2.05, 4.69) is 0 Å². The van der Waals surface area contributed by atoms with E-state index >= 15 is 0 Å². The summed E-state index contributed by atoms with van der Waals surface area (Å²) in [5, 5.41) is 9.02.